The Morgan fingerprint density at radius 3 is 2.29 bits per heavy atom. The second-order valence-electron chi connectivity index (χ2n) is 2.56. The summed E-state index contributed by atoms with van der Waals surface area (Å²) < 4.78 is 31.9. The van der Waals surface area contributed by atoms with Gasteiger partial charge in [0, 0.05) is 12.5 Å². The van der Waals surface area contributed by atoms with Gasteiger partial charge in [-0.3, -0.25) is 4.55 Å². The van der Waals surface area contributed by atoms with E-state index in [0.29, 0.717) is 0 Å². The third kappa shape index (κ3) is 20.5. The van der Waals surface area contributed by atoms with E-state index in [1.54, 1.807) is 0 Å². The monoisotopic (exact) mass is 260 g/mol. The van der Waals surface area contributed by atoms with Crippen LogP contribution in [0.15, 0.2) is 25.3 Å². The normalized spacial score (nSPS) is 8.82. The highest BCUT2D eigenvalue weighted by Gasteiger charge is 1.95. The molecule has 0 bridgehead atoms. The van der Waals surface area contributed by atoms with Gasteiger partial charge < -0.3 is 4.74 Å². The van der Waals surface area contributed by atoms with Gasteiger partial charge >= 0.3 is 5.97 Å². The third-order valence-electron chi connectivity index (χ3n) is 1.08. The van der Waals surface area contributed by atoms with Crippen LogP contribution in [0.3, 0.4) is 0 Å². The molecule has 6 heteroatoms. The van der Waals surface area contributed by atoms with Crippen molar-refractivity contribution in [1.82, 2.24) is 0 Å². The Morgan fingerprint density at radius 1 is 1.41 bits per heavy atom. The van der Waals surface area contributed by atoms with E-state index in [-0.39, 0.29) is 12.4 Å². The van der Waals surface area contributed by atoms with Crippen LogP contribution in [0.25, 0.3) is 0 Å². The first-order valence-electron chi connectivity index (χ1n) is 4.68. The molecule has 0 atom stereocenters. The van der Waals surface area contributed by atoms with Crippen molar-refractivity contribution in [2.45, 2.75) is 13.3 Å². The molecule has 0 aromatic heterocycles. The predicted molar refractivity (Wildman–Crippen MR) is 65.8 cm³/mol. The molecule has 0 heterocycles. The Kier molecular flexibility index (Phi) is 11.4. The second-order valence-corrected chi connectivity index (χ2v) is 4.05. The van der Waals surface area contributed by atoms with E-state index in [1.165, 1.54) is 0 Å². The molecule has 17 heavy (non-hydrogen) atoms. The number of hydrogen-bond acceptors (Lipinski definition) is 4. The summed E-state index contributed by atoms with van der Waals surface area (Å²) in [7, 11) is -3.79. The molecule has 0 aromatic carbocycles. The van der Waals surface area contributed by atoms with E-state index in [1.807, 2.05) is 6.92 Å². The van der Waals surface area contributed by atoms with Crippen molar-refractivity contribution in [3.8, 4) is 11.8 Å². The first-order chi connectivity index (χ1) is 7.87. The van der Waals surface area contributed by atoms with Crippen LogP contribution in [0.5, 0.6) is 0 Å². The van der Waals surface area contributed by atoms with E-state index in [0.717, 1.165) is 18.6 Å². The fraction of sp³-hybridized carbons (Fsp3) is 0.364. The van der Waals surface area contributed by atoms with Crippen LogP contribution in [-0.4, -0.2) is 31.3 Å². The van der Waals surface area contributed by atoms with Gasteiger partial charge in [0.2, 0.25) is 0 Å². The summed E-state index contributed by atoms with van der Waals surface area (Å²) in [5.74, 6) is 4.63. The number of esters is 1. The van der Waals surface area contributed by atoms with Crippen molar-refractivity contribution in [2.75, 3.05) is 12.4 Å². The van der Waals surface area contributed by atoms with Crippen LogP contribution in [0.1, 0.15) is 13.3 Å². The standard InChI is InChI=1S/C8H10O2.C3H6O3S/c1-3-5-6-7-10-8(9)4-2;1-2-3-7(4,5)6/h4H,2-3,7H2,1H3;2H,1,3H2,(H,4,5,6). The van der Waals surface area contributed by atoms with Gasteiger partial charge in [-0.25, -0.2) is 4.79 Å². The molecule has 1 N–H and O–H groups in total. The molecule has 96 valence electrons. The molecule has 0 rings (SSSR count). The molecule has 0 aromatic rings. The average molecular weight is 260 g/mol. The maximum atomic E-state index is 10.4. The quantitative estimate of drug-likeness (QED) is 0.270. The summed E-state index contributed by atoms with van der Waals surface area (Å²) in [5.41, 5.74) is 0. The summed E-state index contributed by atoms with van der Waals surface area (Å²) in [6.07, 6.45) is 3.02. The van der Waals surface area contributed by atoms with E-state index < -0.39 is 16.1 Å². The van der Waals surface area contributed by atoms with Gasteiger partial charge in [0.15, 0.2) is 6.61 Å². The third-order valence-corrected chi connectivity index (χ3v) is 1.74. The summed E-state index contributed by atoms with van der Waals surface area (Å²) in [5, 5.41) is 0. The lowest BCUT2D eigenvalue weighted by atomic mass is 10.5. The van der Waals surface area contributed by atoms with Gasteiger partial charge in [0.25, 0.3) is 10.1 Å². The lowest BCUT2D eigenvalue weighted by Crippen LogP contribution is -1.99. The van der Waals surface area contributed by atoms with Gasteiger partial charge in [-0.05, 0) is 0 Å². The van der Waals surface area contributed by atoms with Crippen molar-refractivity contribution < 1.29 is 22.5 Å². The zero-order valence-electron chi connectivity index (χ0n) is 9.68. The Balaban J connectivity index is 0. The van der Waals surface area contributed by atoms with E-state index >= 15 is 0 Å². The summed E-state index contributed by atoms with van der Waals surface area (Å²) in [4.78, 5) is 10.4. The Morgan fingerprint density at radius 2 is 2.00 bits per heavy atom. The van der Waals surface area contributed by atoms with E-state index in [2.05, 4.69) is 29.7 Å². The molecule has 0 aliphatic rings. The lowest BCUT2D eigenvalue weighted by Gasteiger charge is -1.91. The smallest absolute Gasteiger partial charge is 0.331 e. The number of hydrogen-bond donors (Lipinski definition) is 1. The molecule has 0 unspecified atom stereocenters. The van der Waals surface area contributed by atoms with Gasteiger partial charge in [0.1, 0.15) is 0 Å². The zero-order valence-corrected chi connectivity index (χ0v) is 10.5. The van der Waals surface area contributed by atoms with Crippen molar-refractivity contribution in [3.05, 3.63) is 25.3 Å². The highest BCUT2D eigenvalue weighted by Crippen LogP contribution is 1.78. The molecule has 0 fully saturated rings. The predicted octanol–water partition coefficient (Wildman–Crippen LogP) is 1.19. The fourth-order valence-electron chi connectivity index (χ4n) is 0.491. The van der Waals surface area contributed by atoms with Crippen molar-refractivity contribution >= 4 is 16.1 Å². The van der Waals surface area contributed by atoms with Crippen LogP contribution in [0, 0.1) is 11.8 Å². The van der Waals surface area contributed by atoms with E-state index in [9.17, 15) is 13.2 Å². The number of rotatable bonds is 4. The molecule has 0 spiro atoms. The molecule has 0 saturated carbocycles. The highest BCUT2D eigenvalue weighted by molar-refractivity contribution is 7.85. The van der Waals surface area contributed by atoms with Gasteiger partial charge in [0.05, 0.1) is 5.75 Å². The Hall–Kier alpha value is -1.58. The average Bonchev–Trinajstić information content (AvgIpc) is 2.23. The molecule has 5 nitrogen and oxygen atoms in total. The van der Waals surface area contributed by atoms with Gasteiger partial charge in [-0.2, -0.15) is 8.42 Å². The largest absolute Gasteiger partial charge is 0.449 e. The molecule has 0 amide bonds. The molecule has 0 radical (unpaired) electrons. The minimum absolute atomic E-state index is 0.165. The van der Waals surface area contributed by atoms with Crippen LogP contribution < -0.4 is 0 Å². The summed E-state index contributed by atoms with van der Waals surface area (Å²) in [6, 6.07) is 0. The van der Waals surface area contributed by atoms with Crippen LogP contribution >= 0.6 is 0 Å². The lowest BCUT2D eigenvalue weighted by molar-refractivity contribution is -0.136. The summed E-state index contributed by atoms with van der Waals surface area (Å²) >= 11 is 0. The molecular weight excluding hydrogens is 244 g/mol. The van der Waals surface area contributed by atoms with Crippen molar-refractivity contribution in [3.63, 3.8) is 0 Å². The number of ether oxygens (including phenoxy) is 1. The minimum atomic E-state index is -3.79. The van der Waals surface area contributed by atoms with Crippen LogP contribution in [-0.2, 0) is 19.6 Å². The number of carbonyl (C=O) groups excluding carboxylic acids is 1. The molecular formula is C11H16O5S. The minimum Gasteiger partial charge on any atom is -0.449 e. The maximum absolute atomic E-state index is 10.4. The SMILES string of the molecule is C=CC(=O)OCC#CCC.C=CCS(=O)(=O)O. The maximum Gasteiger partial charge on any atom is 0.331 e. The first-order valence-corrected chi connectivity index (χ1v) is 6.29. The highest BCUT2D eigenvalue weighted by atomic mass is 32.2. The van der Waals surface area contributed by atoms with Gasteiger partial charge in [-0.15, -0.1) is 12.5 Å². The van der Waals surface area contributed by atoms with Crippen molar-refractivity contribution in [1.29, 1.82) is 0 Å². The van der Waals surface area contributed by atoms with Gasteiger partial charge in [-0.1, -0.05) is 25.5 Å². The zero-order chi connectivity index (χ0) is 13.7. The molecule has 0 saturated heterocycles. The topological polar surface area (TPSA) is 80.7 Å². The van der Waals surface area contributed by atoms with Crippen LogP contribution in [0.4, 0.5) is 0 Å². The molecule has 0 aliphatic carbocycles. The summed E-state index contributed by atoms with van der Waals surface area (Å²) in [6.45, 7) is 8.44. The van der Waals surface area contributed by atoms with E-state index in [4.69, 9.17) is 4.55 Å². The molecule has 0 aliphatic heterocycles. The van der Waals surface area contributed by atoms with Crippen LogP contribution in [0.2, 0.25) is 0 Å². The Bertz CT molecular complexity index is 397. The second kappa shape index (κ2) is 10.9. The fourth-order valence-corrected chi connectivity index (χ4v) is 0.789. The number of carbonyl (C=O) groups is 1. The van der Waals surface area contributed by atoms with Crippen molar-refractivity contribution in [2.24, 2.45) is 0 Å². The Labute approximate surface area is 102 Å². The first kappa shape index (κ1) is 17.8.